The number of carbonyl (C=O) groups excluding carboxylic acids is 1. The Hall–Kier alpha value is -0.350. The molecule has 2 rings (SSSR count). The fourth-order valence-corrected chi connectivity index (χ4v) is 3.02. The smallest absolute Gasteiger partial charge is 0.336 e. The Morgan fingerprint density at radius 1 is 1.69 bits per heavy atom. The van der Waals surface area contributed by atoms with E-state index in [2.05, 4.69) is 22.5 Å². The van der Waals surface area contributed by atoms with E-state index < -0.39 is 11.6 Å². The van der Waals surface area contributed by atoms with E-state index in [1.807, 2.05) is 0 Å². The highest BCUT2D eigenvalue weighted by atomic mass is 79.9. The van der Waals surface area contributed by atoms with Crippen molar-refractivity contribution < 1.29 is 14.6 Å². The Labute approximate surface area is 84.9 Å². The van der Waals surface area contributed by atoms with Crippen LogP contribution in [0.2, 0.25) is 0 Å². The molecule has 0 aromatic carbocycles. The third-order valence-corrected chi connectivity index (χ3v) is 3.84. The molecule has 0 spiro atoms. The Balaban J connectivity index is 2.36. The minimum atomic E-state index is -1.11. The SMILES string of the molecule is C=C1C(=O)O[C@@H]2CC[C@H](CBr)[C@]12O. The van der Waals surface area contributed by atoms with E-state index in [4.69, 9.17) is 4.74 Å². The molecule has 0 bridgehead atoms. The lowest BCUT2D eigenvalue weighted by Gasteiger charge is -2.26. The highest BCUT2D eigenvalue weighted by molar-refractivity contribution is 9.09. The van der Waals surface area contributed by atoms with Gasteiger partial charge in [0.1, 0.15) is 11.7 Å². The zero-order chi connectivity index (χ0) is 9.64. The summed E-state index contributed by atoms with van der Waals surface area (Å²) in [5, 5.41) is 10.9. The fraction of sp³-hybridized carbons (Fsp3) is 0.667. The summed E-state index contributed by atoms with van der Waals surface area (Å²) >= 11 is 3.33. The molecule has 0 radical (unpaired) electrons. The first kappa shape index (κ1) is 9.21. The highest BCUT2D eigenvalue weighted by Gasteiger charge is 2.59. The fourth-order valence-electron chi connectivity index (χ4n) is 2.20. The summed E-state index contributed by atoms with van der Waals surface area (Å²) in [4.78, 5) is 11.2. The van der Waals surface area contributed by atoms with Gasteiger partial charge in [0.2, 0.25) is 0 Å². The van der Waals surface area contributed by atoms with Gasteiger partial charge in [0.25, 0.3) is 0 Å². The second-order valence-corrected chi connectivity index (χ2v) is 4.27. The summed E-state index contributed by atoms with van der Waals surface area (Å²) in [5.41, 5.74) is -0.889. The lowest BCUT2D eigenvalue weighted by molar-refractivity contribution is -0.140. The van der Waals surface area contributed by atoms with Crippen LogP contribution in [0.15, 0.2) is 12.2 Å². The van der Waals surface area contributed by atoms with Gasteiger partial charge in [-0.1, -0.05) is 22.5 Å². The predicted molar refractivity (Wildman–Crippen MR) is 50.5 cm³/mol. The van der Waals surface area contributed by atoms with Crippen LogP contribution < -0.4 is 0 Å². The van der Waals surface area contributed by atoms with Gasteiger partial charge in [0.05, 0.1) is 5.57 Å². The zero-order valence-electron chi connectivity index (χ0n) is 7.12. The van der Waals surface area contributed by atoms with Gasteiger partial charge in [-0.2, -0.15) is 0 Å². The summed E-state index contributed by atoms with van der Waals surface area (Å²) in [7, 11) is 0. The maximum Gasteiger partial charge on any atom is 0.336 e. The van der Waals surface area contributed by atoms with Crippen LogP contribution in [0.4, 0.5) is 0 Å². The number of halogens is 1. The standard InChI is InChI=1S/C9H11BrO3/c1-5-8(11)13-7-3-2-6(4-10)9(5,7)12/h6-7,12H,1-4H2/t6-,7-,9-/m1/s1. The first-order chi connectivity index (χ1) is 6.10. The Kier molecular flexibility index (Phi) is 2.00. The number of aliphatic hydroxyl groups is 1. The summed E-state index contributed by atoms with van der Waals surface area (Å²) in [6.07, 6.45) is 1.24. The first-order valence-electron chi connectivity index (χ1n) is 4.29. The Morgan fingerprint density at radius 2 is 2.38 bits per heavy atom. The van der Waals surface area contributed by atoms with Gasteiger partial charge in [-0.3, -0.25) is 0 Å². The van der Waals surface area contributed by atoms with Crippen molar-refractivity contribution in [2.45, 2.75) is 24.5 Å². The molecule has 0 amide bonds. The second-order valence-electron chi connectivity index (χ2n) is 3.63. The monoisotopic (exact) mass is 246 g/mol. The number of alkyl halides is 1. The van der Waals surface area contributed by atoms with Crippen molar-refractivity contribution >= 4 is 21.9 Å². The van der Waals surface area contributed by atoms with Gasteiger partial charge in [-0.25, -0.2) is 4.79 Å². The second kappa shape index (κ2) is 2.82. The molecule has 1 saturated heterocycles. The lowest BCUT2D eigenvalue weighted by atomic mass is 9.86. The molecular formula is C9H11BrO3. The predicted octanol–water partition coefficient (Wildman–Crippen LogP) is 1.00. The van der Waals surface area contributed by atoms with Crippen molar-refractivity contribution in [2.24, 2.45) is 5.92 Å². The average molecular weight is 247 g/mol. The van der Waals surface area contributed by atoms with E-state index in [0.717, 1.165) is 12.8 Å². The van der Waals surface area contributed by atoms with E-state index in [1.54, 1.807) is 0 Å². The van der Waals surface area contributed by atoms with Gasteiger partial charge in [0, 0.05) is 11.2 Å². The van der Waals surface area contributed by atoms with Gasteiger partial charge in [0.15, 0.2) is 0 Å². The molecule has 1 aliphatic heterocycles. The molecule has 1 aliphatic carbocycles. The number of fused-ring (bicyclic) bond motifs is 1. The molecular weight excluding hydrogens is 236 g/mol. The van der Waals surface area contributed by atoms with Crippen molar-refractivity contribution in [3.05, 3.63) is 12.2 Å². The number of hydrogen-bond acceptors (Lipinski definition) is 3. The van der Waals surface area contributed by atoms with Crippen molar-refractivity contribution in [1.29, 1.82) is 0 Å². The van der Waals surface area contributed by atoms with Crippen molar-refractivity contribution in [3.8, 4) is 0 Å². The molecule has 0 aromatic rings. The lowest BCUT2D eigenvalue weighted by Crippen LogP contribution is -2.41. The number of carbonyl (C=O) groups is 1. The maximum atomic E-state index is 11.2. The highest BCUT2D eigenvalue weighted by Crippen LogP contribution is 2.47. The van der Waals surface area contributed by atoms with Gasteiger partial charge >= 0.3 is 5.97 Å². The molecule has 3 nitrogen and oxygen atoms in total. The molecule has 0 aromatic heterocycles. The quantitative estimate of drug-likeness (QED) is 0.427. The summed E-state index contributed by atoms with van der Waals surface area (Å²) in [5.74, 6) is -0.394. The zero-order valence-corrected chi connectivity index (χ0v) is 8.71. The number of esters is 1. The Morgan fingerprint density at radius 3 is 3.00 bits per heavy atom. The van der Waals surface area contributed by atoms with Crippen LogP contribution in [0.25, 0.3) is 0 Å². The molecule has 2 aliphatic rings. The molecule has 0 unspecified atom stereocenters. The van der Waals surface area contributed by atoms with Gasteiger partial charge in [-0.05, 0) is 12.8 Å². The molecule has 1 N–H and O–H groups in total. The van der Waals surface area contributed by atoms with Gasteiger partial charge in [-0.15, -0.1) is 0 Å². The first-order valence-corrected chi connectivity index (χ1v) is 5.41. The van der Waals surface area contributed by atoms with Crippen LogP contribution in [0.3, 0.4) is 0 Å². The van der Waals surface area contributed by atoms with Crippen molar-refractivity contribution in [2.75, 3.05) is 5.33 Å². The summed E-state index contributed by atoms with van der Waals surface area (Å²) in [6, 6.07) is 0. The normalized spacial score (nSPS) is 43.5. The maximum absolute atomic E-state index is 11.2. The van der Waals surface area contributed by atoms with E-state index >= 15 is 0 Å². The minimum absolute atomic E-state index is 0.0523. The number of ether oxygens (including phenoxy) is 1. The summed E-state index contributed by atoms with van der Waals surface area (Å²) < 4.78 is 5.02. The molecule has 2 fully saturated rings. The molecule has 1 saturated carbocycles. The van der Waals surface area contributed by atoms with E-state index in [0.29, 0.717) is 5.33 Å². The largest absolute Gasteiger partial charge is 0.455 e. The van der Waals surface area contributed by atoms with E-state index in [9.17, 15) is 9.90 Å². The van der Waals surface area contributed by atoms with Crippen LogP contribution in [0.5, 0.6) is 0 Å². The van der Waals surface area contributed by atoms with Crippen molar-refractivity contribution in [1.82, 2.24) is 0 Å². The van der Waals surface area contributed by atoms with Crippen LogP contribution in [0.1, 0.15) is 12.8 Å². The molecule has 4 heteroatoms. The van der Waals surface area contributed by atoms with Crippen LogP contribution >= 0.6 is 15.9 Å². The number of hydrogen-bond donors (Lipinski definition) is 1. The topological polar surface area (TPSA) is 46.5 Å². The van der Waals surface area contributed by atoms with Crippen LogP contribution in [-0.2, 0) is 9.53 Å². The summed E-state index contributed by atoms with van der Waals surface area (Å²) in [6.45, 7) is 3.60. The molecule has 13 heavy (non-hydrogen) atoms. The van der Waals surface area contributed by atoms with Crippen LogP contribution in [-0.4, -0.2) is 28.1 Å². The van der Waals surface area contributed by atoms with E-state index in [-0.39, 0.29) is 17.6 Å². The Bertz CT molecular complexity index is 276. The third kappa shape index (κ3) is 1.02. The van der Waals surface area contributed by atoms with Crippen LogP contribution in [0, 0.1) is 5.92 Å². The van der Waals surface area contributed by atoms with Gasteiger partial charge < -0.3 is 9.84 Å². The number of rotatable bonds is 1. The van der Waals surface area contributed by atoms with E-state index in [1.165, 1.54) is 0 Å². The third-order valence-electron chi connectivity index (χ3n) is 3.06. The molecule has 3 atom stereocenters. The molecule has 72 valence electrons. The average Bonchev–Trinajstić information content (AvgIpc) is 2.52. The van der Waals surface area contributed by atoms with Crippen molar-refractivity contribution in [3.63, 3.8) is 0 Å². The minimum Gasteiger partial charge on any atom is -0.455 e. The molecule has 1 heterocycles.